The van der Waals surface area contributed by atoms with Gasteiger partial charge in [0.2, 0.25) is 5.36 Å². The Balaban J connectivity index is 1.27. The fourth-order valence-corrected chi connectivity index (χ4v) is 6.08. The molecule has 1 aliphatic heterocycles. The minimum absolute atomic E-state index is 0.0768. The van der Waals surface area contributed by atoms with Gasteiger partial charge in [0.25, 0.3) is 5.91 Å². The summed E-state index contributed by atoms with van der Waals surface area (Å²) in [6.45, 7) is 0.723. The van der Waals surface area contributed by atoms with Crippen LogP contribution < -0.4 is 25.3 Å². The molecule has 10 nitrogen and oxygen atoms in total. The lowest BCUT2D eigenvalue weighted by molar-refractivity contribution is 0.0697. The van der Waals surface area contributed by atoms with Crippen molar-refractivity contribution in [2.45, 2.75) is 6.42 Å². The van der Waals surface area contributed by atoms with Crippen LogP contribution in [0.25, 0.3) is 43.6 Å². The molecule has 2 aliphatic rings. The van der Waals surface area contributed by atoms with E-state index >= 15 is 0 Å². The zero-order chi connectivity index (χ0) is 32.4. The van der Waals surface area contributed by atoms with Crippen molar-refractivity contribution in [3.63, 3.8) is 0 Å². The maximum atomic E-state index is 13.3. The number of carboxylic acids is 1. The van der Waals surface area contributed by atoms with Crippen molar-refractivity contribution in [3.05, 3.63) is 94.3 Å². The van der Waals surface area contributed by atoms with E-state index in [1.165, 1.54) is 23.5 Å². The van der Waals surface area contributed by atoms with Gasteiger partial charge in [-0.25, -0.2) is 14.4 Å². The molecule has 230 valence electrons. The van der Waals surface area contributed by atoms with Gasteiger partial charge in [-0.3, -0.25) is 4.79 Å². The van der Waals surface area contributed by atoms with Crippen molar-refractivity contribution < 1.29 is 23.8 Å². The first-order valence-corrected chi connectivity index (χ1v) is 15.4. The number of nitrogens with zero attached hydrogens (tertiary/aromatic N) is 3. The number of benzene rings is 4. The second kappa shape index (κ2) is 12.7. The highest BCUT2D eigenvalue weighted by Crippen LogP contribution is 2.42. The standard InChI is InChI=1S/C35H29N5O5S/c1-37-21-6-10-25-29(16-21)45-30-17-22(40(2)3)7-11-26(30)33(25)27-15-20(5-9-24(27)35(42)43)34(41)38-13-4-14-44-23-8-12-28-31(18-23)46-32(19-36)39-28/h5-12,15-18H,4,13-14H2,1-3H3,(H2,38,41,42,43)/p+1. The lowest BCUT2D eigenvalue weighted by Crippen LogP contribution is -2.25. The largest absolute Gasteiger partial charge is 0.493 e. The zero-order valence-corrected chi connectivity index (χ0v) is 26.2. The van der Waals surface area contributed by atoms with Gasteiger partial charge >= 0.3 is 5.97 Å². The normalized spacial score (nSPS) is 11.0. The molecule has 4 aromatic rings. The number of fused-ring (bicyclic) bond motifs is 3. The Kier molecular flexibility index (Phi) is 8.37. The number of nitriles is 1. The number of rotatable bonds is 9. The number of amides is 1. The van der Waals surface area contributed by atoms with Crippen molar-refractivity contribution in [3.8, 4) is 34.3 Å². The first-order valence-electron chi connectivity index (χ1n) is 14.5. The van der Waals surface area contributed by atoms with Gasteiger partial charge in [-0.2, -0.15) is 5.26 Å². The Bertz CT molecular complexity index is 2230. The molecule has 2 heterocycles. The number of aromatic nitrogens is 1. The van der Waals surface area contributed by atoms with Crippen molar-refractivity contribution >= 4 is 50.1 Å². The summed E-state index contributed by atoms with van der Waals surface area (Å²) in [6.07, 6.45) is 0.549. The quantitative estimate of drug-likeness (QED) is 0.105. The average molecular weight is 633 g/mol. The van der Waals surface area contributed by atoms with Crippen LogP contribution in [0.1, 0.15) is 32.1 Å². The highest BCUT2D eigenvalue weighted by Gasteiger charge is 2.23. The minimum atomic E-state index is -1.10. The van der Waals surface area contributed by atoms with Crippen molar-refractivity contribution in [2.24, 2.45) is 0 Å². The van der Waals surface area contributed by atoms with Crippen molar-refractivity contribution in [2.75, 3.05) is 39.6 Å². The summed E-state index contributed by atoms with van der Waals surface area (Å²) in [5, 5.41) is 27.4. The number of aromatic carboxylic acids is 1. The van der Waals surface area contributed by atoms with Crippen molar-refractivity contribution in [1.82, 2.24) is 14.9 Å². The molecule has 0 atom stereocenters. The van der Waals surface area contributed by atoms with Crippen LogP contribution in [-0.4, -0.2) is 56.3 Å². The monoisotopic (exact) mass is 632 g/mol. The molecule has 0 bridgehead atoms. The number of carboxylic acid groups (broad SMARTS) is 1. The Morgan fingerprint density at radius 3 is 2.65 bits per heavy atom. The van der Waals surface area contributed by atoms with Crippen LogP contribution in [0.15, 0.2) is 77.2 Å². The van der Waals surface area contributed by atoms with Gasteiger partial charge in [-0.1, -0.05) is 0 Å². The van der Waals surface area contributed by atoms with Crippen LogP contribution >= 0.6 is 11.3 Å². The summed E-state index contributed by atoms with van der Waals surface area (Å²) in [7, 11) is 5.69. The molecule has 3 N–H and O–H groups in total. The molecule has 0 unspecified atom stereocenters. The summed E-state index contributed by atoms with van der Waals surface area (Å²) in [4.78, 5) is 30.0. The van der Waals surface area contributed by atoms with Crippen LogP contribution in [0.2, 0.25) is 0 Å². The fourth-order valence-electron chi connectivity index (χ4n) is 5.29. The summed E-state index contributed by atoms with van der Waals surface area (Å²) >= 11 is 1.31. The number of thiazole rings is 1. The number of anilines is 1. The SMILES string of the molecule is CNc1ccc2c(-c3cc(C(=O)NCCCOc4ccc5nc(C#N)sc5c4)ccc3C(=O)O)c3ccc(=[N+](C)C)cc-3oc2c1. The van der Waals surface area contributed by atoms with Crippen molar-refractivity contribution in [1.29, 1.82) is 5.26 Å². The molecule has 1 aromatic heterocycles. The first kappa shape index (κ1) is 30.3. The zero-order valence-electron chi connectivity index (χ0n) is 25.4. The van der Waals surface area contributed by atoms with E-state index in [4.69, 9.17) is 14.4 Å². The third-order valence-electron chi connectivity index (χ3n) is 7.62. The lowest BCUT2D eigenvalue weighted by atomic mass is 9.89. The lowest BCUT2D eigenvalue weighted by Gasteiger charge is -2.18. The number of carbonyl (C=O) groups is 2. The van der Waals surface area contributed by atoms with Gasteiger partial charge in [0.05, 0.1) is 28.5 Å². The molecule has 0 saturated carbocycles. The van der Waals surface area contributed by atoms with Gasteiger partial charge < -0.3 is 24.9 Å². The molecule has 0 saturated heterocycles. The van der Waals surface area contributed by atoms with E-state index in [0.717, 1.165) is 32.2 Å². The molecular weight excluding hydrogens is 602 g/mol. The fraction of sp³-hybridized carbons (Fsp3) is 0.171. The molecule has 1 aliphatic carbocycles. The van der Waals surface area contributed by atoms with E-state index in [2.05, 4.69) is 21.7 Å². The van der Waals surface area contributed by atoms with Crippen LogP contribution in [-0.2, 0) is 0 Å². The Hall–Kier alpha value is -5.73. The van der Waals surface area contributed by atoms with Crippen LogP contribution in [0.5, 0.6) is 5.75 Å². The molecule has 0 radical (unpaired) electrons. The smallest absolute Gasteiger partial charge is 0.336 e. The molecule has 0 fully saturated rings. The summed E-state index contributed by atoms with van der Waals surface area (Å²) < 4.78 is 15.0. The van der Waals surface area contributed by atoms with Crippen LogP contribution in [0, 0.1) is 11.3 Å². The van der Waals surface area contributed by atoms with Crippen LogP contribution in [0.3, 0.4) is 0 Å². The Labute approximate surface area is 268 Å². The number of ether oxygens (including phenoxy) is 1. The predicted molar refractivity (Wildman–Crippen MR) is 179 cm³/mol. The van der Waals surface area contributed by atoms with Gasteiger partial charge in [-0.05, 0) is 66.6 Å². The second-order valence-electron chi connectivity index (χ2n) is 10.8. The van der Waals surface area contributed by atoms with Gasteiger partial charge in [0.1, 0.15) is 37.3 Å². The first-order chi connectivity index (χ1) is 22.2. The molecule has 3 aromatic carbocycles. The van der Waals surface area contributed by atoms with Gasteiger partial charge in [-0.15, -0.1) is 11.3 Å². The molecule has 1 amide bonds. The summed E-state index contributed by atoms with van der Waals surface area (Å²) in [6, 6.07) is 23.6. The average Bonchev–Trinajstić information content (AvgIpc) is 3.48. The topological polar surface area (TPSA) is 140 Å². The van der Waals surface area contributed by atoms with E-state index in [9.17, 15) is 14.7 Å². The molecule has 11 heteroatoms. The Morgan fingerprint density at radius 1 is 1.04 bits per heavy atom. The maximum absolute atomic E-state index is 13.3. The number of carbonyl (C=O) groups excluding carboxylic acids is 1. The predicted octanol–water partition coefficient (Wildman–Crippen LogP) is 5.66. The molecule has 46 heavy (non-hydrogen) atoms. The Morgan fingerprint density at radius 2 is 1.89 bits per heavy atom. The maximum Gasteiger partial charge on any atom is 0.336 e. The molecule has 0 spiro atoms. The highest BCUT2D eigenvalue weighted by molar-refractivity contribution is 7.19. The minimum Gasteiger partial charge on any atom is -0.493 e. The summed E-state index contributed by atoms with van der Waals surface area (Å²) in [5.74, 6) is -0.171. The van der Waals surface area contributed by atoms with Gasteiger partial charge in [0.15, 0.2) is 5.01 Å². The second-order valence-corrected chi connectivity index (χ2v) is 11.8. The number of nitrogens with one attached hydrogen (secondary N) is 2. The van der Waals surface area contributed by atoms with E-state index in [-0.39, 0.29) is 11.5 Å². The highest BCUT2D eigenvalue weighted by atomic mass is 32.1. The molecule has 6 rings (SSSR count). The third-order valence-corrected chi connectivity index (χ3v) is 8.55. The summed E-state index contributed by atoms with van der Waals surface area (Å²) in [5.41, 5.74) is 4.41. The number of hydrogen-bond acceptors (Lipinski definition) is 8. The number of hydrogen-bond donors (Lipinski definition) is 3. The van der Waals surface area contributed by atoms with Gasteiger partial charge in [0, 0.05) is 53.5 Å². The molecular formula is C35H30N5O5S+. The van der Waals surface area contributed by atoms with E-state index in [1.807, 2.05) is 74.2 Å². The van der Waals surface area contributed by atoms with Crippen LogP contribution in [0.4, 0.5) is 5.69 Å². The van der Waals surface area contributed by atoms with E-state index in [1.54, 1.807) is 12.1 Å². The van der Waals surface area contributed by atoms with E-state index in [0.29, 0.717) is 58.4 Å². The third kappa shape index (κ3) is 5.98. The van der Waals surface area contributed by atoms with E-state index < -0.39 is 5.97 Å².